The number of carbonyl (C=O) groups is 1. The number of nitrogens with zero attached hydrogens (tertiary/aromatic N) is 4. The van der Waals surface area contributed by atoms with Gasteiger partial charge in [0.05, 0.1) is 13.2 Å². The van der Waals surface area contributed by atoms with E-state index in [0.717, 1.165) is 31.8 Å². The summed E-state index contributed by atoms with van der Waals surface area (Å²) in [6.07, 6.45) is 5.81. The van der Waals surface area contributed by atoms with Crippen LogP contribution in [0.3, 0.4) is 0 Å². The third-order valence-electron chi connectivity index (χ3n) is 4.83. The number of hydrogen-bond donors (Lipinski definition) is 2. The number of piperidine rings is 1. The first kappa shape index (κ1) is 18.7. The number of aromatic nitrogens is 2. The predicted octanol–water partition coefficient (Wildman–Crippen LogP) is 1.04. The van der Waals surface area contributed by atoms with E-state index in [4.69, 9.17) is 0 Å². The van der Waals surface area contributed by atoms with Crippen LogP contribution < -0.4 is 5.32 Å². The van der Waals surface area contributed by atoms with E-state index >= 15 is 0 Å². The van der Waals surface area contributed by atoms with Gasteiger partial charge in [0, 0.05) is 38.6 Å². The van der Waals surface area contributed by atoms with Crippen molar-refractivity contribution in [2.45, 2.75) is 39.3 Å². The molecule has 0 spiro atoms. The lowest BCUT2D eigenvalue weighted by atomic mass is 9.96. The quantitative estimate of drug-likeness (QED) is 0.780. The summed E-state index contributed by atoms with van der Waals surface area (Å²) in [4.78, 5) is 20.8. The van der Waals surface area contributed by atoms with E-state index in [1.54, 1.807) is 11.1 Å². The van der Waals surface area contributed by atoms with E-state index in [1.807, 2.05) is 17.8 Å². The lowest BCUT2D eigenvalue weighted by Gasteiger charge is -2.35. The van der Waals surface area contributed by atoms with Crippen LogP contribution in [0.25, 0.3) is 0 Å². The fourth-order valence-electron chi connectivity index (χ4n) is 3.11. The van der Waals surface area contributed by atoms with Gasteiger partial charge in [-0.25, -0.2) is 9.78 Å². The van der Waals surface area contributed by atoms with Gasteiger partial charge in [-0.15, -0.1) is 0 Å². The van der Waals surface area contributed by atoms with Gasteiger partial charge in [0.2, 0.25) is 0 Å². The van der Waals surface area contributed by atoms with Crippen LogP contribution in [0.15, 0.2) is 12.4 Å². The van der Waals surface area contributed by atoms with Gasteiger partial charge >= 0.3 is 6.03 Å². The number of hydrogen-bond acceptors (Lipinski definition) is 4. The summed E-state index contributed by atoms with van der Waals surface area (Å²) in [5.41, 5.74) is 0. The molecule has 2 heterocycles. The molecule has 0 radical (unpaired) electrons. The van der Waals surface area contributed by atoms with Gasteiger partial charge < -0.3 is 24.8 Å². The molecule has 7 nitrogen and oxygen atoms in total. The molecule has 0 unspecified atom stereocenters. The summed E-state index contributed by atoms with van der Waals surface area (Å²) in [5, 5.41) is 12.3. The Bertz CT molecular complexity index is 509. The third-order valence-corrected chi connectivity index (χ3v) is 4.83. The molecule has 1 aromatic rings. The minimum Gasteiger partial charge on any atom is -0.395 e. The zero-order chi connectivity index (χ0) is 17.5. The first-order chi connectivity index (χ1) is 11.5. The average molecular weight is 337 g/mol. The molecule has 7 heteroatoms. The molecule has 0 saturated carbocycles. The summed E-state index contributed by atoms with van der Waals surface area (Å²) in [6.45, 7) is 8.03. The Kier molecular flexibility index (Phi) is 7.05. The number of aliphatic hydroxyl groups excluding tert-OH is 1. The van der Waals surface area contributed by atoms with E-state index in [-0.39, 0.29) is 12.6 Å². The molecule has 24 heavy (non-hydrogen) atoms. The maximum Gasteiger partial charge on any atom is 0.317 e. The van der Waals surface area contributed by atoms with Crippen molar-refractivity contribution in [3.05, 3.63) is 18.2 Å². The number of aliphatic hydroxyl groups is 1. The minimum atomic E-state index is -0.127. The molecule has 1 aliphatic rings. The highest BCUT2D eigenvalue weighted by molar-refractivity contribution is 5.74. The number of aryl methyl sites for hydroxylation is 1. The van der Waals surface area contributed by atoms with Crippen LogP contribution in [-0.4, -0.2) is 69.3 Å². The molecule has 0 aromatic carbocycles. The Morgan fingerprint density at radius 3 is 2.71 bits per heavy atom. The van der Waals surface area contributed by atoms with Crippen LogP contribution in [-0.2, 0) is 13.6 Å². The van der Waals surface area contributed by atoms with Crippen LogP contribution in [0.1, 0.15) is 32.5 Å². The monoisotopic (exact) mass is 337 g/mol. The maximum absolute atomic E-state index is 12.4. The van der Waals surface area contributed by atoms with Crippen LogP contribution >= 0.6 is 0 Å². The van der Waals surface area contributed by atoms with Crippen LogP contribution in [0.4, 0.5) is 4.79 Å². The zero-order valence-electron chi connectivity index (χ0n) is 15.1. The molecule has 2 amide bonds. The number of carbonyl (C=O) groups excluding carboxylic acids is 1. The fraction of sp³-hybridized carbons (Fsp3) is 0.765. The molecule has 0 atom stereocenters. The van der Waals surface area contributed by atoms with Gasteiger partial charge in [-0.05, 0) is 45.7 Å². The van der Waals surface area contributed by atoms with Crippen molar-refractivity contribution in [3.8, 4) is 0 Å². The Labute approximate surface area is 144 Å². The van der Waals surface area contributed by atoms with E-state index in [0.29, 0.717) is 31.6 Å². The number of urea groups is 1. The number of likely N-dealkylation sites (tertiary alicyclic amines) is 1. The zero-order valence-corrected chi connectivity index (χ0v) is 15.1. The molecule has 2 N–H and O–H groups in total. The van der Waals surface area contributed by atoms with Gasteiger partial charge in [-0.1, -0.05) is 0 Å². The summed E-state index contributed by atoms with van der Waals surface area (Å²) in [6, 6.07) is 0.469. The van der Waals surface area contributed by atoms with Crippen LogP contribution in [0, 0.1) is 5.92 Å². The van der Waals surface area contributed by atoms with E-state index in [9.17, 15) is 9.90 Å². The van der Waals surface area contributed by atoms with Crippen LogP contribution in [0.5, 0.6) is 0 Å². The second kappa shape index (κ2) is 9.03. The third kappa shape index (κ3) is 5.21. The minimum absolute atomic E-state index is 0.0510. The summed E-state index contributed by atoms with van der Waals surface area (Å²) < 4.78 is 1.89. The standard InChI is InChI=1S/C17H31N5O2/c1-14(2)21-7-4-15(5-8-21)12-19-17(24)22(10-11-23)13-16-18-6-9-20(16)3/h6,9,14-15,23H,4-5,7-8,10-13H2,1-3H3,(H,19,24). The summed E-state index contributed by atoms with van der Waals surface area (Å²) in [7, 11) is 1.90. The summed E-state index contributed by atoms with van der Waals surface area (Å²) in [5.74, 6) is 1.34. The second-order valence-corrected chi connectivity index (χ2v) is 6.86. The van der Waals surface area contributed by atoms with Crippen molar-refractivity contribution >= 4 is 6.03 Å². The Morgan fingerprint density at radius 2 is 2.17 bits per heavy atom. The van der Waals surface area contributed by atoms with Crippen molar-refractivity contribution in [1.82, 2.24) is 24.7 Å². The highest BCUT2D eigenvalue weighted by Gasteiger charge is 2.22. The molecule has 1 aromatic heterocycles. The van der Waals surface area contributed by atoms with E-state index in [2.05, 4.69) is 29.0 Å². The lowest BCUT2D eigenvalue weighted by Crippen LogP contribution is -2.45. The molecule has 0 aliphatic carbocycles. The molecule has 1 saturated heterocycles. The highest BCUT2D eigenvalue weighted by atomic mass is 16.3. The van der Waals surface area contributed by atoms with Crippen molar-refractivity contribution in [3.63, 3.8) is 0 Å². The van der Waals surface area contributed by atoms with Gasteiger partial charge in [0.25, 0.3) is 0 Å². The van der Waals surface area contributed by atoms with Crippen LogP contribution in [0.2, 0.25) is 0 Å². The fourth-order valence-corrected chi connectivity index (χ4v) is 3.11. The van der Waals surface area contributed by atoms with Gasteiger partial charge in [-0.3, -0.25) is 0 Å². The smallest absolute Gasteiger partial charge is 0.317 e. The topological polar surface area (TPSA) is 73.6 Å². The van der Waals surface area contributed by atoms with Crippen molar-refractivity contribution < 1.29 is 9.90 Å². The van der Waals surface area contributed by atoms with Crippen molar-refractivity contribution in [2.24, 2.45) is 13.0 Å². The lowest BCUT2D eigenvalue weighted by molar-refractivity contribution is 0.143. The molecular weight excluding hydrogens is 306 g/mol. The van der Waals surface area contributed by atoms with Gasteiger partial charge in [-0.2, -0.15) is 0 Å². The molecule has 136 valence electrons. The molecule has 2 rings (SSSR count). The first-order valence-electron chi connectivity index (χ1n) is 8.85. The van der Waals surface area contributed by atoms with E-state index < -0.39 is 0 Å². The molecule has 0 bridgehead atoms. The summed E-state index contributed by atoms with van der Waals surface area (Å²) >= 11 is 0. The first-order valence-corrected chi connectivity index (χ1v) is 8.85. The van der Waals surface area contributed by atoms with E-state index in [1.165, 1.54) is 0 Å². The predicted molar refractivity (Wildman–Crippen MR) is 93.5 cm³/mol. The van der Waals surface area contributed by atoms with Crippen molar-refractivity contribution in [1.29, 1.82) is 0 Å². The second-order valence-electron chi connectivity index (χ2n) is 6.86. The maximum atomic E-state index is 12.4. The highest BCUT2D eigenvalue weighted by Crippen LogP contribution is 2.18. The van der Waals surface area contributed by atoms with Gasteiger partial charge in [0.1, 0.15) is 5.82 Å². The Morgan fingerprint density at radius 1 is 1.46 bits per heavy atom. The molecule has 1 fully saturated rings. The van der Waals surface area contributed by atoms with Crippen molar-refractivity contribution in [2.75, 3.05) is 32.8 Å². The number of imidazole rings is 1. The molecule has 1 aliphatic heterocycles. The molecular formula is C17H31N5O2. The Balaban J connectivity index is 1.80. The normalized spacial score (nSPS) is 16.5. The van der Waals surface area contributed by atoms with Gasteiger partial charge in [0.15, 0.2) is 0 Å². The average Bonchev–Trinajstić information content (AvgIpc) is 2.97. The largest absolute Gasteiger partial charge is 0.395 e. The Hall–Kier alpha value is -1.60. The number of amides is 2. The number of nitrogens with one attached hydrogen (secondary N) is 1. The SMILES string of the molecule is CC(C)N1CCC(CNC(=O)N(CCO)Cc2nccn2C)CC1. The number of rotatable bonds is 7.